The van der Waals surface area contributed by atoms with Crippen molar-refractivity contribution in [3.63, 3.8) is 0 Å². The Morgan fingerprint density at radius 3 is 2.74 bits per heavy atom. The summed E-state index contributed by atoms with van der Waals surface area (Å²) in [6, 6.07) is 10.7. The topological polar surface area (TPSA) is 116 Å². The normalized spacial score (nSPS) is 13.9. The van der Waals surface area contributed by atoms with E-state index in [9.17, 15) is 9.59 Å². The maximum Gasteiger partial charge on any atom is 0.274 e. The molecule has 0 spiro atoms. The fourth-order valence-corrected chi connectivity index (χ4v) is 2.85. The van der Waals surface area contributed by atoms with Crippen molar-refractivity contribution in [1.29, 1.82) is 0 Å². The predicted molar refractivity (Wildman–Crippen MR) is 99.2 cm³/mol. The zero-order chi connectivity index (χ0) is 18.6. The van der Waals surface area contributed by atoms with E-state index in [0.717, 1.165) is 11.3 Å². The molecule has 4 rings (SSSR count). The van der Waals surface area contributed by atoms with Gasteiger partial charge in [-0.25, -0.2) is 4.98 Å². The largest absolute Gasteiger partial charge is 0.360 e. The van der Waals surface area contributed by atoms with Gasteiger partial charge in [0.05, 0.1) is 6.54 Å². The first-order valence-electron chi connectivity index (χ1n) is 8.44. The van der Waals surface area contributed by atoms with Gasteiger partial charge in [-0.05, 0) is 36.4 Å². The highest BCUT2D eigenvalue weighted by Crippen LogP contribution is 2.19. The van der Waals surface area contributed by atoms with Crippen LogP contribution in [-0.2, 0) is 4.79 Å². The SMILES string of the molecule is O=C1CN(c2ccnc(C(=O)Nc3ccc(-c4ncn[nH]4)cc3)c2)CCN1. The van der Waals surface area contributed by atoms with Crippen LogP contribution in [0.2, 0.25) is 0 Å². The molecule has 0 unspecified atom stereocenters. The second-order valence-corrected chi connectivity index (χ2v) is 6.04. The van der Waals surface area contributed by atoms with Crippen LogP contribution < -0.4 is 15.5 Å². The zero-order valence-electron chi connectivity index (χ0n) is 14.3. The first-order valence-corrected chi connectivity index (χ1v) is 8.44. The van der Waals surface area contributed by atoms with Crippen LogP contribution in [0.3, 0.4) is 0 Å². The number of H-pyrrole nitrogens is 1. The van der Waals surface area contributed by atoms with E-state index in [2.05, 4.69) is 30.8 Å². The molecule has 3 heterocycles. The minimum atomic E-state index is -0.314. The molecule has 3 N–H and O–H groups in total. The van der Waals surface area contributed by atoms with Crippen LogP contribution in [0.25, 0.3) is 11.4 Å². The lowest BCUT2D eigenvalue weighted by Crippen LogP contribution is -2.47. The van der Waals surface area contributed by atoms with Gasteiger partial charge in [0.15, 0.2) is 5.82 Å². The summed E-state index contributed by atoms with van der Waals surface area (Å²) in [6.45, 7) is 1.55. The molecule has 2 amide bonds. The van der Waals surface area contributed by atoms with Crippen molar-refractivity contribution >= 4 is 23.2 Å². The Balaban J connectivity index is 1.46. The molecule has 2 aromatic heterocycles. The highest BCUT2D eigenvalue weighted by molar-refractivity contribution is 6.03. The maximum absolute atomic E-state index is 12.5. The number of carbonyl (C=O) groups excluding carboxylic acids is 2. The summed E-state index contributed by atoms with van der Waals surface area (Å²) in [5.41, 5.74) is 2.60. The number of piperazine rings is 1. The van der Waals surface area contributed by atoms with E-state index in [0.29, 0.717) is 24.6 Å². The first-order chi connectivity index (χ1) is 13.2. The summed E-state index contributed by atoms with van der Waals surface area (Å²) in [6.07, 6.45) is 3.01. The fourth-order valence-electron chi connectivity index (χ4n) is 2.85. The number of hydrogen-bond donors (Lipinski definition) is 3. The minimum absolute atomic E-state index is 0.0316. The van der Waals surface area contributed by atoms with Gasteiger partial charge < -0.3 is 15.5 Å². The molecule has 0 saturated carbocycles. The molecule has 1 aliphatic heterocycles. The smallest absolute Gasteiger partial charge is 0.274 e. The van der Waals surface area contributed by atoms with Gasteiger partial charge in [-0.3, -0.25) is 19.7 Å². The molecule has 0 aliphatic carbocycles. The fraction of sp³-hybridized carbons (Fsp3) is 0.167. The Labute approximate surface area is 154 Å². The molecule has 27 heavy (non-hydrogen) atoms. The van der Waals surface area contributed by atoms with E-state index in [1.54, 1.807) is 30.5 Å². The molecule has 136 valence electrons. The number of aromatic nitrogens is 4. The summed E-state index contributed by atoms with van der Waals surface area (Å²) in [5.74, 6) is 0.314. The maximum atomic E-state index is 12.5. The highest BCUT2D eigenvalue weighted by atomic mass is 16.2. The van der Waals surface area contributed by atoms with Crippen molar-refractivity contribution in [1.82, 2.24) is 25.5 Å². The van der Waals surface area contributed by atoms with Crippen molar-refractivity contribution in [2.45, 2.75) is 0 Å². The second kappa shape index (κ2) is 7.24. The third kappa shape index (κ3) is 3.76. The van der Waals surface area contributed by atoms with Crippen molar-refractivity contribution in [2.75, 3.05) is 29.9 Å². The Bertz CT molecular complexity index is 954. The summed E-state index contributed by atoms with van der Waals surface area (Å²) >= 11 is 0. The number of benzene rings is 1. The van der Waals surface area contributed by atoms with E-state index in [-0.39, 0.29) is 24.1 Å². The van der Waals surface area contributed by atoms with Crippen LogP contribution in [0.5, 0.6) is 0 Å². The van der Waals surface area contributed by atoms with Crippen molar-refractivity contribution in [3.8, 4) is 11.4 Å². The molecular formula is C18H17N7O2. The number of carbonyl (C=O) groups is 2. The van der Waals surface area contributed by atoms with Gasteiger partial charge in [-0.15, -0.1) is 0 Å². The molecule has 0 radical (unpaired) electrons. The lowest BCUT2D eigenvalue weighted by Gasteiger charge is -2.28. The third-order valence-electron chi connectivity index (χ3n) is 4.21. The molecule has 1 aromatic carbocycles. The van der Waals surface area contributed by atoms with Crippen molar-refractivity contribution in [3.05, 3.63) is 54.6 Å². The highest BCUT2D eigenvalue weighted by Gasteiger charge is 2.18. The number of aromatic amines is 1. The van der Waals surface area contributed by atoms with Gasteiger partial charge >= 0.3 is 0 Å². The number of rotatable bonds is 4. The molecule has 1 aliphatic rings. The van der Waals surface area contributed by atoms with Crippen LogP contribution in [0.1, 0.15) is 10.5 Å². The average Bonchev–Trinajstić information content (AvgIpc) is 3.23. The second-order valence-electron chi connectivity index (χ2n) is 6.04. The Morgan fingerprint density at radius 1 is 1.15 bits per heavy atom. The van der Waals surface area contributed by atoms with Gasteiger partial charge in [-0.2, -0.15) is 5.10 Å². The molecule has 1 saturated heterocycles. The van der Waals surface area contributed by atoms with E-state index in [4.69, 9.17) is 0 Å². The number of amides is 2. The summed E-state index contributed by atoms with van der Waals surface area (Å²) in [5, 5.41) is 12.2. The van der Waals surface area contributed by atoms with E-state index in [1.165, 1.54) is 6.33 Å². The Kier molecular flexibility index (Phi) is 4.48. The summed E-state index contributed by atoms with van der Waals surface area (Å²) in [4.78, 5) is 34.2. The zero-order valence-corrected chi connectivity index (χ0v) is 14.3. The Morgan fingerprint density at radius 2 is 2.00 bits per heavy atom. The third-order valence-corrected chi connectivity index (χ3v) is 4.21. The van der Waals surface area contributed by atoms with Gasteiger partial charge in [0.1, 0.15) is 12.0 Å². The molecule has 0 atom stereocenters. The molecule has 3 aromatic rings. The summed E-state index contributed by atoms with van der Waals surface area (Å²) < 4.78 is 0. The molecule has 9 nitrogen and oxygen atoms in total. The lowest BCUT2D eigenvalue weighted by atomic mass is 10.2. The molecule has 9 heteroatoms. The molecule has 1 fully saturated rings. The van der Waals surface area contributed by atoms with Crippen molar-refractivity contribution in [2.24, 2.45) is 0 Å². The first kappa shape index (κ1) is 16.7. The van der Waals surface area contributed by atoms with Crippen LogP contribution in [0, 0.1) is 0 Å². The monoisotopic (exact) mass is 363 g/mol. The minimum Gasteiger partial charge on any atom is -0.360 e. The molecular weight excluding hydrogens is 346 g/mol. The van der Waals surface area contributed by atoms with Gasteiger partial charge in [0, 0.05) is 36.2 Å². The van der Waals surface area contributed by atoms with E-state index in [1.807, 2.05) is 17.0 Å². The quantitative estimate of drug-likeness (QED) is 0.638. The number of nitrogens with zero attached hydrogens (tertiary/aromatic N) is 4. The van der Waals surface area contributed by atoms with E-state index >= 15 is 0 Å². The number of nitrogens with one attached hydrogen (secondary N) is 3. The standard InChI is InChI=1S/C18H17N7O2/c26-16-10-25(8-7-20-16)14-5-6-19-15(9-14)18(27)23-13-3-1-12(2-4-13)17-21-11-22-24-17/h1-6,9,11H,7-8,10H2,(H,20,26)(H,23,27)(H,21,22,24). The predicted octanol–water partition coefficient (Wildman–Crippen LogP) is 1.06. The van der Waals surface area contributed by atoms with Gasteiger partial charge in [0.2, 0.25) is 5.91 Å². The molecule has 0 bridgehead atoms. The van der Waals surface area contributed by atoms with Crippen LogP contribution in [-0.4, -0.2) is 51.6 Å². The van der Waals surface area contributed by atoms with Crippen molar-refractivity contribution < 1.29 is 9.59 Å². The number of hydrogen-bond acceptors (Lipinski definition) is 6. The van der Waals surface area contributed by atoms with Crippen LogP contribution in [0.15, 0.2) is 48.9 Å². The van der Waals surface area contributed by atoms with Gasteiger partial charge in [-0.1, -0.05) is 0 Å². The van der Waals surface area contributed by atoms with Crippen LogP contribution in [0.4, 0.5) is 11.4 Å². The average molecular weight is 363 g/mol. The number of pyridine rings is 1. The Hall–Kier alpha value is -3.75. The van der Waals surface area contributed by atoms with Crippen LogP contribution >= 0.6 is 0 Å². The summed E-state index contributed by atoms with van der Waals surface area (Å²) in [7, 11) is 0. The van der Waals surface area contributed by atoms with Gasteiger partial charge in [0.25, 0.3) is 5.91 Å². The lowest BCUT2D eigenvalue weighted by molar-refractivity contribution is -0.120. The number of anilines is 2. The van der Waals surface area contributed by atoms with E-state index < -0.39 is 0 Å².